The molecule has 0 bridgehead atoms. The van der Waals surface area contributed by atoms with Crippen molar-refractivity contribution in [3.8, 4) is 0 Å². The van der Waals surface area contributed by atoms with Crippen LogP contribution < -0.4 is 10.6 Å². The van der Waals surface area contributed by atoms with Gasteiger partial charge in [-0.3, -0.25) is 9.69 Å². The van der Waals surface area contributed by atoms with Crippen molar-refractivity contribution in [3.63, 3.8) is 0 Å². The molecule has 0 aromatic rings. The molecule has 5 rings (SSSR count). The number of carbonyl (C=O) groups is 2. The summed E-state index contributed by atoms with van der Waals surface area (Å²) >= 11 is 0. The van der Waals surface area contributed by atoms with Crippen molar-refractivity contribution in [1.82, 2.24) is 15.5 Å². The number of carbonyl (C=O) groups excluding carboxylic acids is 1. The first-order valence-electron chi connectivity index (χ1n) is 12.9. The molecule has 1 saturated heterocycles. The molecular weight excluding hydrogens is 420 g/mol. The van der Waals surface area contributed by atoms with E-state index in [2.05, 4.69) is 20.5 Å². The predicted molar refractivity (Wildman–Crippen MR) is 125 cm³/mol. The maximum Gasteiger partial charge on any atom is 0.338 e. The number of ether oxygens (including phenoxy) is 1. The number of hydrogen-bond acceptors (Lipinski definition) is 7. The fourth-order valence-electron chi connectivity index (χ4n) is 6.50. The summed E-state index contributed by atoms with van der Waals surface area (Å²) in [5.41, 5.74) is 0.178. The van der Waals surface area contributed by atoms with Gasteiger partial charge in [0.25, 0.3) is 0 Å². The lowest BCUT2D eigenvalue weighted by atomic mass is 9.83. The highest BCUT2D eigenvalue weighted by Crippen LogP contribution is 2.53. The predicted octanol–water partition coefficient (Wildman–Crippen LogP) is 2.50. The van der Waals surface area contributed by atoms with Crippen LogP contribution in [0.3, 0.4) is 0 Å². The Labute approximate surface area is 196 Å². The molecule has 3 N–H and O–H groups in total. The van der Waals surface area contributed by atoms with Gasteiger partial charge in [-0.25, -0.2) is 9.79 Å². The number of esters is 1. The van der Waals surface area contributed by atoms with Gasteiger partial charge >= 0.3 is 11.9 Å². The zero-order chi connectivity index (χ0) is 23.0. The minimum Gasteiger partial charge on any atom is -0.478 e. The number of aliphatic imine (C=N–C) groups is 1. The maximum absolute atomic E-state index is 13.1. The van der Waals surface area contributed by atoms with E-state index in [1.807, 2.05) is 6.92 Å². The fourth-order valence-corrected chi connectivity index (χ4v) is 6.50. The van der Waals surface area contributed by atoms with E-state index < -0.39 is 11.8 Å². The Morgan fingerprint density at radius 1 is 1.18 bits per heavy atom. The van der Waals surface area contributed by atoms with Crippen molar-refractivity contribution in [2.24, 2.45) is 28.7 Å². The van der Waals surface area contributed by atoms with Gasteiger partial charge in [0, 0.05) is 25.5 Å². The second-order valence-electron chi connectivity index (χ2n) is 10.9. The third-order valence-electron chi connectivity index (χ3n) is 8.72. The zero-order valence-corrected chi connectivity index (χ0v) is 19.7. The van der Waals surface area contributed by atoms with Crippen LogP contribution in [0.4, 0.5) is 0 Å². The zero-order valence-electron chi connectivity index (χ0n) is 19.7. The normalized spacial score (nSPS) is 35.5. The second kappa shape index (κ2) is 9.37. The van der Waals surface area contributed by atoms with E-state index in [0.29, 0.717) is 23.7 Å². The van der Waals surface area contributed by atoms with E-state index in [0.717, 1.165) is 45.3 Å². The molecule has 0 amide bonds. The van der Waals surface area contributed by atoms with Crippen molar-refractivity contribution in [2.75, 3.05) is 19.6 Å². The van der Waals surface area contributed by atoms with Crippen molar-refractivity contribution in [3.05, 3.63) is 11.8 Å². The van der Waals surface area contributed by atoms with Gasteiger partial charge in [0.15, 0.2) is 5.79 Å². The number of fused-ring (bicyclic) bond motifs is 1. The lowest BCUT2D eigenvalue weighted by Gasteiger charge is -2.38. The van der Waals surface area contributed by atoms with E-state index in [1.54, 1.807) is 6.20 Å². The molecule has 3 aliphatic carbocycles. The van der Waals surface area contributed by atoms with Gasteiger partial charge in [0.2, 0.25) is 0 Å². The number of carboxylic acid groups (broad SMARTS) is 1. The van der Waals surface area contributed by atoms with Gasteiger partial charge in [-0.2, -0.15) is 0 Å². The van der Waals surface area contributed by atoms with Crippen LogP contribution in [0.15, 0.2) is 16.8 Å². The first-order valence-corrected chi connectivity index (χ1v) is 12.9. The molecule has 0 spiro atoms. The van der Waals surface area contributed by atoms with Crippen LogP contribution in [0.2, 0.25) is 0 Å². The van der Waals surface area contributed by atoms with E-state index in [4.69, 9.17) is 9.84 Å². The SMILES string of the molecule is CC1(N2CC3C(CN[C@H](C(=O)OC4CCCC4)C4CCCCC4)C3C2)N=CC(C(=O)O)=CN1. The van der Waals surface area contributed by atoms with Crippen LogP contribution >= 0.6 is 0 Å². The van der Waals surface area contributed by atoms with E-state index >= 15 is 0 Å². The maximum atomic E-state index is 13.1. The molecule has 8 nitrogen and oxygen atoms in total. The number of nitrogens with one attached hydrogen (secondary N) is 2. The van der Waals surface area contributed by atoms with Gasteiger partial charge in [0.05, 0.1) is 5.57 Å². The van der Waals surface area contributed by atoms with Crippen LogP contribution in [0, 0.1) is 23.7 Å². The fraction of sp³-hybridized carbons (Fsp3) is 0.800. The van der Waals surface area contributed by atoms with Crippen LogP contribution in [0.5, 0.6) is 0 Å². The molecule has 3 saturated carbocycles. The molecule has 0 aromatic carbocycles. The summed E-state index contributed by atoms with van der Waals surface area (Å²) in [6.07, 6.45) is 13.5. The van der Waals surface area contributed by atoms with Crippen LogP contribution in [-0.4, -0.2) is 65.7 Å². The summed E-state index contributed by atoms with van der Waals surface area (Å²) in [5, 5.41) is 16.0. The first-order chi connectivity index (χ1) is 15.9. The van der Waals surface area contributed by atoms with Gasteiger partial charge in [-0.15, -0.1) is 0 Å². The summed E-state index contributed by atoms with van der Waals surface area (Å²) in [7, 11) is 0. The van der Waals surface area contributed by atoms with Crippen molar-refractivity contribution in [1.29, 1.82) is 0 Å². The number of nitrogens with zero attached hydrogens (tertiary/aromatic N) is 2. The second-order valence-corrected chi connectivity index (χ2v) is 10.9. The van der Waals surface area contributed by atoms with Crippen molar-refractivity contribution < 1.29 is 19.4 Å². The highest BCUT2D eigenvalue weighted by atomic mass is 16.5. The van der Waals surface area contributed by atoms with Gasteiger partial charge < -0.3 is 20.5 Å². The number of hydrogen-bond donors (Lipinski definition) is 3. The number of aliphatic carboxylic acids is 1. The molecule has 8 heteroatoms. The van der Waals surface area contributed by atoms with Crippen LogP contribution in [0.25, 0.3) is 0 Å². The summed E-state index contributed by atoms with van der Waals surface area (Å²) in [4.78, 5) is 31.0. The Hall–Kier alpha value is -1.93. The topological polar surface area (TPSA) is 103 Å². The van der Waals surface area contributed by atoms with E-state index in [9.17, 15) is 9.59 Å². The van der Waals surface area contributed by atoms with Crippen LogP contribution in [0.1, 0.15) is 64.7 Å². The van der Waals surface area contributed by atoms with Crippen molar-refractivity contribution in [2.45, 2.75) is 82.6 Å². The molecule has 0 radical (unpaired) electrons. The highest BCUT2D eigenvalue weighted by Gasteiger charge is 2.58. The number of rotatable bonds is 8. The lowest BCUT2D eigenvalue weighted by Crippen LogP contribution is -2.55. The van der Waals surface area contributed by atoms with Crippen LogP contribution in [-0.2, 0) is 14.3 Å². The molecule has 4 fully saturated rings. The minimum absolute atomic E-state index is 0.0180. The molecule has 3 unspecified atom stereocenters. The molecule has 5 aliphatic rings. The third-order valence-corrected chi connectivity index (χ3v) is 8.72. The molecule has 0 aromatic heterocycles. The third kappa shape index (κ3) is 4.83. The Kier molecular flexibility index (Phi) is 6.49. The Balaban J connectivity index is 1.13. The Morgan fingerprint density at radius 2 is 1.85 bits per heavy atom. The standard InChI is InChI=1S/C25H38N4O4/c1-25(27-11-17(12-28-25)23(30)31)29-14-20-19(21(20)15-29)13-26-22(16-7-3-2-4-8-16)24(32)33-18-9-5-6-10-18/h11-12,16,18-22,26-27H,2-10,13-15H2,1H3,(H,30,31)/t19?,20?,21?,22-,25?/m0/s1. The summed E-state index contributed by atoms with van der Waals surface area (Å²) < 4.78 is 5.93. The van der Waals surface area contributed by atoms with E-state index in [-0.39, 0.29) is 23.7 Å². The van der Waals surface area contributed by atoms with Gasteiger partial charge in [-0.1, -0.05) is 19.3 Å². The lowest BCUT2D eigenvalue weighted by molar-refractivity contribution is -0.153. The highest BCUT2D eigenvalue weighted by molar-refractivity contribution is 6.08. The quantitative estimate of drug-likeness (QED) is 0.480. The Bertz CT molecular complexity index is 805. The summed E-state index contributed by atoms with van der Waals surface area (Å²) in [6, 6.07) is -0.162. The average molecular weight is 459 g/mol. The number of piperidine rings is 1. The summed E-state index contributed by atoms with van der Waals surface area (Å²) in [5.74, 6) is 0.631. The molecule has 4 atom stereocenters. The monoisotopic (exact) mass is 458 g/mol. The number of carboxylic acids is 1. The molecular formula is C25H38N4O4. The minimum atomic E-state index is -0.970. The smallest absolute Gasteiger partial charge is 0.338 e. The summed E-state index contributed by atoms with van der Waals surface area (Å²) in [6.45, 7) is 4.75. The van der Waals surface area contributed by atoms with Gasteiger partial charge in [-0.05, 0) is 75.7 Å². The van der Waals surface area contributed by atoms with Gasteiger partial charge in [0.1, 0.15) is 12.1 Å². The Morgan fingerprint density at radius 3 is 2.45 bits per heavy atom. The molecule has 2 aliphatic heterocycles. The molecule has 33 heavy (non-hydrogen) atoms. The largest absolute Gasteiger partial charge is 0.478 e. The number of likely N-dealkylation sites (tertiary alicyclic amines) is 1. The molecule has 182 valence electrons. The molecule has 2 heterocycles. The van der Waals surface area contributed by atoms with E-state index in [1.165, 1.54) is 38.3 Å². The average Bonchev–Trinajstić information content (AvgIpc) is 3.19. The first kappa shape index (κ1) is 22.8. The van der Waals surface area contributed by atoms with Crippen molar-refractivity contribution >= 4 is 18.2 Å².